The van der Waals surface area contributed by atoms with Crippen LogP contribution in [0.4, 0.5) is 0 Å². The van der Waals surface area contributed by atoms with Gasteiger partial charge in [-0.15, -0.1) is 0 Å². The summed E-state index contributed by atoms with van der Waals surface area (Å²) in [4.78, 5) is 14.2. The van der Waals surface area contributed by atoms with Gasteiger partial charge in [-0.3, -0.25) is 9.69 Å². The Bertz CT molecular complexity index is 369. The quantitative estimate of drug-likeness (QED) is 0.696. The standard InChI is InChI=1S/C15H23NO2/c1-5-13(6-2)16(3)11-15(17)12-7-9-14(18-4)10-8-12/h7-10,13H,5-6,11H2,1-4H3. The maximum absolute atomic E-state index is 12.1. The van der Waals surface area contributed by atoms with Gasteiger partial charge in [-0.2, -0.15) is 0 Å². The lowest BCUT2D eigenvalue weighted by atomic mass is 10.1. The molecule has 0 unspecified atom stereocenters. The Morgan fingerprint density at radius 3 is 2.22 bits per heavy atom. The second kappa shape index (κ2) is 7.17. The third kappa shape index (κ3) is 3.84. The first kappa shape index (κ1) is 14.7. The van der Waals surface area contributed by atoms with Gasteiger partial charge in [0.15, 0.2) is 5.78 Å². The van der Waals surface area contributed by atoms with Crippen molar-refractivity contribution in [3.8, 4) is 5.75 Å². The molecule has 3 nitrogen and oxygen atoms in total. The summed E-state index contributed by atoms with van der Waals surface area (Å²) in [7, 11) is 3.64. The van der Waals surface area contributed by atoms with Crippen LogP contribution in [-0.2, 0) is 0 Å². The summed E-state index contributed by atoms with van der Waals surface area (Å²) in [5.41, 5.74) is 0.744. The highest BCUT2D eigenvalue weighted by Gasteiger charge is 2.15. The number of Topliss-reactive ketones (excluding diaryl/α,β-unsaturated/α-hetero) is 1. The van der Waals surface area contributed by atoms with E-state index in [0.717, 1.165) is 24.2 Å². The number of hydrogen-bond acceptors (Lipinski definition) is 3. The SMILES string of the molecule is CCC(CC)N(C)CC(=O)c1ccc(OC)cc1. The monoisotopic (exact) mass is 249 g/mol. The summed E-state index contributed by atoms with van der Waals surface area (Å²) in [5.74, 6) is 0.937. The van der Waals surface area contributed by atoms with Gasteiger partial charge in [0.2, 0.25) is 0 Å². The predicted octanol–water partition coefficient (Wildman–Crippen LogP) is 3.00. The summed E-state index contributed by atoms with van der Waals surface area (Å²) >= 11 is 0. The number of nitrogens with zero attached hydrogens (tertiary/aromatic N) is 1. The van der Waals surface area contributed by atoms with Gasteiger partial charge in [-0.05, 0) is 44.2 Å². The minimum atomic E-state index is 0.159. The molecule has 3 heteroatoms. The van der Waals surface area contributed by atoms with E-state index in [4.69, 9.17) is 4.74 Å². The van der Waals surface area contributed by atoms with Crippen molar-refractivity contribution in [2.24, 2.45) is 0 Å². The molecule has 0 fully saturated rings. The second-order valence-corrected chi connectivity index (χ2v) is 4.54. The number of ether oxygens (including phenoxy) is 1. The molecule has 0 aliphatic heterocycles. The highest BCUT2D eigenvalue weighted by atomic mass is 16.5. The molecule has 0 atom stereocenters. The molecule has 0 spiro atoms. The number of benzene rings is 1. The molecule has 0 amide bonds. The smallest absolute Gasteiger partial charge is 0.176 e. The van der Waals surface area contributed by atoms with Gasteiger partial charge in [-0.1, -0.05) is 13.8 Å². The van der Waals surface area contributed by atoms with Crippen LogP contribution in [-0.4, -0.2) is 37.4 Å². The van der Waals surface area contributed by atoms with Crippen LogP contribution in [0.5, 0.6) is 5.75 Å². The lowest BCUT2D eigenvalue weighted by Crippen LogP contribution is -2.35. The molecule has 0 aliphatic carbocycles. The molecular weight excluding hydrogens is 226 g/mol. The van der Waals surface area contributed by atoms with Gasteiger partial charge in [0.05, 0.1) is 13.7 Å². The second-order valence-electron chi connectivity index (χ2n) is 4.54. The number of methoxy groups -OCH3 is 1. The first-order chi connectivity index (χ1) is 8.62. The highest BCUT2D eigenvalue weighted by Crippen LogP contribution is 2.13. The fourth-order valence-electron chi connectivity index (χ4n) is 2.14. The van der Waals surface area contributed by atoms with Crippen LogP contribution in [0.3, 0.4) is 0 Å². The molecule has 0 saturated carbocycles. The number of likely N-dealkylation sites (N-methyl/N-ethyl adjacent to an activating group) is 1. The zero-order valence-corrected chi connectivity index (χ0v) is 11.8. The van der Waals surface area contributed by atoms with E-state index in [9.17, 15) is 4.79 Å². The lowest BCUT2D eigenvalue weighted by Gasteiger charge is -2.25. The van der Waals surface area contributed by atoms with E-state index in [0.29, 0.717) is 12.6 Å². The van der Waals surface area contributed by atoms with Gasteiger partial charge in [-0.25, -0.2) is 0 Å². The predicted molar refractivity (Wildman–Crippen MR) is 74.3 cm³/mol. The Morgan fingerprint density at radius 1 is 1.22 bits per heavy atom. The summed E-state index contributed by atoms with van der Waals surface area (Å²) in [6.07, 6.45) is 2.14. The lowest BCUT2D eigenvalue weighted by molar-refractivity contribution is 0.0915. The van der Waals surface area contributed by atoms with E-state index < -0.39 is 0 Å². The van der Waals surface area contributed by atoms with Crippen LogP contribution in [0.1, 0.15) is 37.0 Å². The van der Waals surface area contributed by atoms with E-state index in [1.165, 1.54) is 0 Å². The van der Waals surface area contributed by atoms with Gasteiger partial charge < -0.3 is 4.74 Å². The number of hydrogen-bond donors (Lipinski definition) is 0. The molecule has 100 valence electrons. The van der Waals surface area contributed by atoms with Crippen LogP contribution < -0.4 is 4.74 Å². The molecule has 0 N–H and O–H groups in total. The Morgan fingerprint density at radius 2 is 1.78 bits per heavy atom. The number of carbonyl (C=O) groups is 1. The van der Waals surface area contributed by atoms with Crippen molar-refractivity contribution in [3.63, 3.8) is 0 Å². The largest absolute Gasteiger partial charge is 0.497 e. The van der Waals surface area contributed by atoms with E-state index in [1.54, 1.807) is 7.11 Å². The first-order valence-electron chi connectivity index (χ1n) is 6.49. The van der Waals surface area contributed by atoms with Gasteiger partial charge in [0, 0.05) is 11.6 Å². The van der Waals surface area contributed by atoms with Crippen molar-refractivity contribution in [1.29, 1.82) is 0 Å². The van der Waals surface area contributed by atoms with Crippen molar-refractivity contribution < 1.29 is 9.53 Å². The van der Waals surface area contributed by atoms with E-state index in [-0.39, 0.29) is 5.78 Å². The fourth-order valence-corrected chi connectivity index (χ4v) is 2.14. The molecule has 0 aromatic heterocycles. The summed E-state index contributed by atoms with van der Waals surface area (Å²) in [6, 6.07) is 7.77. The average Bonchev–Trinajstić information content (AvgIpc) is 2.40. The van der Waals surface area contributed by atoms with Crippen molar-refractivity contribution in [2.45, 2.75) is 32.7 Å². The van der Waals surface area contributed by atoms with Crippen LogP contribution in [0.15, 0.2) is 24.3 Å². The zero-order chi connectivity index (χ0) is 13.5. The van der Waals surface area contributed by atoms with Crippen LogP contribution in [0, 0.1) is 0 Å². The Kier molecular flexibility index (Phi) is 5.86. The number of rotatable bonds is 7. The van der Waals surface area contributed by atoms with Crippen LogP contribution in [0.2, 0.25) is 0 Å². The Hall–Kier alpha value is -1.35. The minimum Gasteiger partial charge on any atom is -0.497 e. The summed E-state index contributed by atoms with van der Waals surface area (Å²) < 4.78 is 5.08. The summed E-state index contributed by atoms with van der Waals surface area (Å²) in [6.45, 7) is 4.78. The van der Waals surface area contributed by atoms with E-state index >= 15 is 0 Å². The molecule has 0 heterocycles. The van der Waals surface area contributed by atoms with Gasteiger partial charge in [0.25, 0.3) is 0 Å². The third-order valence-electron chi connectivity index (χ3n) is 3.37. The summed E-state index contributed by atoms with van der Waals surface area (Å²) in [5, 5.41) is 0. The molecule has 0 radical (unpaired) electrons. The molecule has 1 aromatic carbocycles. The molecule has 1 rings (SSSR count). The van der Waals surface area contributed by atoms with E-state index in [2.05, 4.69) is 18.7 Å². The maximum Gasteiger partial charge on any atom is 0.176 e. The molecular formula is C15H23NO2. The maximum atomic E-state index is 12.1. The molecule has 1 aromatic rings. The molecule has 0 bridgehead atoms. The van der Waals surface area contributed by atoms with Gasteiger partial charge >= 0.3 is 0 Å². The third-order valence-corrected chi connectivity index (χ3v) is 3.37. The van der Waals surface area contributed by atoms with Crippen molar-refractivity contribution in [3.05, 3.63) is 29.8 Å². The van der Waals surface area contributed by atoms with Crippen LogP contribution >= 0.6 is 0 Å². The average molecular weight is 249 g/mol. The van der Waals surface area contributed by atoms with Crippen molar-refractivity contribution in [2.75, 3.05) is 20.7 Å². The topological polar surface area (TPSA) is 29.5 Å². The number of ketones is 1. The Labute approximate surface area is 110 Å². The minimum absolute atomic E-state index is 0.159. The molecule has 18 heavy (non-hydrogen) atoms. The highest BCUT2D eigenvalue weighted by molar-refractivity contribution is 5.97. The van der Waals surface area contributed by atoms with Crippen LogP contribution in [0.25, 0.3) is 0 Å². The number of carbonyl (C=O) groups excluding carboxylic acids is 1. The first-order valence-corrected chi connectivity index (χ1v) is 6.49. The fraction of sp³-hybridized carbons (Fsp3) is 0.533. The zero-order valence-electron chi connectivity index (χ0n) is 11.8. The van der Waals surface area contributed by atoms with Crippen molar-refractivity contribution >= 4 is 5.78 Å². The van der Waals surface area contributed by atoms with Gasteiger partial charge in [0.1, 0.15) is 5.75 Å². The van der Waals surface area contributed by atoms with E-state index in [1.807, 2.05) is 31.3 Å². The molecule has 0 saturated heterocycles. The normalized spacial score (nSPS) is 11.0. The Balaban J connectivity index is 2.64. The molecule has 0 aliphatic rings. The van der Waals surface area contributed by atoms with Crippen molar-refractivity contribution in [1.82, 2.24) is 4.90 Å².